The second-order valence-electron chi connectivity index (χ2n) is 3.28. The Balaban J connectivity index is 2.25. The largest absolute Gasteiger partial charge is 0.327 e. The Kier molecular flexibility index (Phi) is 2.23. The van der Waals surface area contributed by atoms with E-state index in [0.717, 1.165) is 0 Å². The van der Waals surface area contributed by atoms with Gasteiger partial charge in [0.05, 0.1) is 10.7 Å². The van der Waals surface area contributed by atoms with Crippen molar-refractivity contribution >= 4 is 23.7 Å². The van der Waals surface area contributed by atoms with Crippen LogP contribution < -0.4 is 5.32 Å². The van der Waals surface area contributed by atoms with Crippen LogP contribution in [0.3, 0.4) is 0 Å². The van der Waals surface area contributed by atoms with Gasteiger partial charge in [-0.1, -0.05) is 17.7 Å². The van der Waals surface area contributed by atoms with E-state index in [-0.39, 0.29) is 0 Å². The van der Waals surface area contributed by atoms with Gasteiger partial charge in [0, 0.05) is 0 Å². The molecule has 68 valence electrons. The molecule has 1 saturated carbocycles. The summed E-state index contributed by atoms with van der Waals surface area (Å²) in [6, 6.07) is 5.81. The van der Waals surface area contributed by atoms with Crippen LogP contribution in [0.15, 0.2) is 18.2 Å². The zero-order valence-electron chi connectivity index (χ0n) is 7.09. The molecule has 2 rings (SSSR count). The summed E-state index contributed by atoms with van der Waals surface area (Å²) in [5.41, 5.74) is 1.96. The summed E-state index contributed by atoms with van der Waals surface area (Å²) in [6.07, 6.45) is 3.16. The van der Waals surface area contributed by atoms with Crippen molar-refractivity contribution in [2.24, 2.45) is 0 Å². The second kappa shape index (κ2) is 3.38. The average molecular weight is 196 g/mol. The first kappa shape index (κ1) is 8.57. The SMILES string of the molecule is O=CNc1ccc(C2CC2)cc1Cl. The van der Waals surface area contributed by atoms with Crippen LogP contribution in [0.4, 0.5) is 5.69 Å². The zero-order valence-corrected chi connectivity index (χ0v) is 7.84. The number of anilines is 1. The molecule has 1 aromatic carbocycles. The smallest absolute Gasteiger partial charge is 0.211 e. The lowest BCUT2D eigenvalue weighted by molar-refractivity contribution is -0.105. The normalized spacial score (nSPS) is 15.5. The molecule has 1 aliphatic carbocycles. The lowest BCUT2D eigenvalue weighted by atomic mass is 10.1. The van der Waals surface area contributed by atoms with E-state index in [0.29, 0.717) is 23.0 Å². The summed E-state index contributed by atoms with van der Waals surface area (Å²) < 4.78 is 0. The highest BCUT2D eigenvalue weighted by Crippen LogP contribution is 2.41. The molecule has 1 aromatic rings. The minimum absolute atomic E-state index is 0.622. The van der Waals surface area contributed by atoms with Crippen molar-refractivity contribution in [2.75, 3.05) is 5.32 Å². The fourth-order valence-corrected chi connectivity index (χ4v) is 1.63. The quantitative estimate of drug-likeness (QED) is 0.739. The van der Waals surface area contributed by atoms with Gasteiger partial charge >= 0.3 is 0 Å². The van der Waals surface area contributed by atoms with Crippen LogP contribution in [0.25, 0.3) is 0 Å². The Morgan fingerprint density at radius 3 is 2.77 bits per heavy atom. The number of halogens is 1. The van der Waals surface area contributed by atoms with Crippen LogP contribution in [0.2, 0.25) is 5.02 Å². The van der Waals surface area contributed by atoms with Gasteiger partial charge in [-0.2, -0.15) is 0 Å². The Bertz CT molecular complexity index is 334. The van der Waals surface area contributed by atoms with Gasteiger partial charge in [0.25, 0.3) is 0 Å². The van der Waals surface area contributed by atoms with Crippen molar-refractivity contribution in [1.82, 2.24) is 0 Å². The number of rotatable bonds is 3. The van der Waals surface area contributed by atoms with Crippen molar-refractivity contribution in [1.29, 1.82) is 0 Å². The summed E-state index contributed by atoms with van der Waals surface area (Å²) in [5, 5.41) is 3.17. The molecule has 0 aliphatic heterocycles. The third-order valence-corrected chi connectivity index (χ3v) is 2.57. The molecule has 3 heteroatoms. The molecule has 0 heterocycles. The third-order valence-electron chi connectivity index (χ3n) is 2.26. The standard InChI is InChI=1S/C10H10ClNO/c11-9-5-8(7-1-2-7)3-4-10(9)12-6-13/h3-7H,1-2H2,(H,12,13). The highest BCUT2D eigenvalue weighted by atomic mass is 35.5. The van der Waals surface area contributed by atoms with Crippen LogP contribution in [-0.2, 0) is 4.79 Å². The van der Waals surface area contributed by atoms with Crippen LogP contribution >= 0.6 is 11.6 Å². The molecule has 1 amide bonds. The minimum Gasteiger partial charge on any atom is -0.327 e. The lowest BCUT2D eigenvalue weighted by Gasteiger charge is -2.04. The Labute approximate surface area is 81.9 Å². The van der Waals surface area contributed by atoms with Crippen molar-refractivity contribution in [3.63, 3.8) is 0 Å². The zero-order chi connectivity index (χ0) is 9.26. The number of carbonyl (C=O) groups excluding carboxylic acids is 1. The lowest BCUT2D eigenvalue weighted by Crippen LogP contribution is -1.94. The Morgan fingerprint density at radius 2 is 2.23 bits per heavy atom. The van der Waals surface area contributed by atoms with E-state index in [1.54, 1.807) is 0 Å². The van der Waals surface area contributed by atoms with E-state index in [9.17, 15) is 4.79 Å². The van der Waals surface area contributed by atoms with Gasteiger partial charge < -0.3 is 5.32 Å². The van der Waals surface area contributed by atoms with E-state index in [1.807, 2.05) is 18.2 Å². The molecule has 0 atom stereocenters. The second-order valence-corrected chi connectivity index (χ2v) is 3.68. The molecule has 13 heavy (non-hydrogen) atoms. The first-order valence-corrected chi connectivity index (χ1v) is 4.68. The van der Waals surface area contributed by atoms with Gasteiger partial charge in [0.2, 0.25) is 6.41 Å². The molecule has 0 spiro atoms. The number of amides is 1. The fourth-order valence-electron chi connectivity index (χ4n) is 1.38. The first-order chi connectivity index (χ1) is 6.31. The molecule has 0 aromatic heterocycles. The van der Waals surface area contributed by atoms with Crippen molar-refractivity contribution in [3.05, 3.63) is 28.8 Å². The van der Waals surface area contributed by atoms with Gasteiger partial charge in [-0.05, 0) is 36.5 Å². The highest BCUT2D eigenvalue weighted by Gasteiger charge is 2.23. The van der Waals surface area contributed by atoms with Crippen LogP contribution in [0.1, 0.15) is 24.3 Å². The Morgan fingerprint density at radius 1 is 1.46 bits per heavy atom. The minimum atomic E-state index is 0.622. The van der Waals surface area contributed by atoms with E-state index in [1.165, 1.54) is 18.4 Å². The van der Waals surface area contributed by atoms with Gasteiger partial charge in [-0.25, -0.2) is 0 Å². The van der Waals surface area contributed by atoms with Crippen LogP contribution in [0, 0.1) is 0 Å². The summed E-state index contributed by atoms with van der Waals surface area (Å²) >= 11 is 5.96. The van der Waals surface area contributed by atoms with Crippen molar-refractivity contribution < 1.29 is 4.79 Å². The van der Waals surface area contributed by atoms with E-state index >= 15 is 0 Å². The van der Waals surface area contributed by atoms with E-state index in [4.69, 9.17) is 11.6 Å². The topological polar surface area (TPSA) is 29.1 Å². The summed E-state index contributed by atoms with van der Waals surface area (Å²) in [6.45, 7) is 0. The summed E-state index contributed by atoms with van der Waals surface area (Å²) in [7, 11) is 0. The molecule has 1 aliphatic rings. The fraction of sp³-hybridized carbons (Fsp3) is 0.300. The molecular weight excluding hydrogens is 186 g/mol. The highest BCUT2D eigenvalue weighted by molar-refractivity contribution is 6.33. The number of hydrogen-bond donors (Lipinski definition) is 1. The summed E-state index contributed by atoms with van der Waals surface area (Å²) in [4.78, 5) is 10.2. The van der Waals surface area contributed by atoms with E-state index < -0.39 is 0 Å². The third kappa shape index (κ3) is 1.83. The van der Waals surface area contributed by atoms with Crippen molar-refractivity contribution in [3.8, 4) is 0 Å². The molecule has 1 fully saturated rings. The summed E-state index contributed by atoms with van der Waals surface area (Å²) in [5.74, 6) is 0.697. The Hall–Kier alpha value is -1.02. The maximum Gasteiger partial charge on any atom is 0.211 e. The molecule has 0 unspecified atom stereocenters. The van der Waals surface area contributed by atoms with Gasteiger partial charge in [-0.3, -0.25) is 4.79 Å². The molecule has 1 N–H and O–H groups in total. The molecule has 2 nitrogen and oxygen atoms in total. The molecular formula is C10H10ClNO. The van der Waals surface area contributed by atoms with Crippen molar-refractivity contribution in [2.45, 2.75) is 18.8 Å². The van der Waals surface area contributed by atoms with Crippen LogP contribution in [0.5, 0.6) is 0 Å². The van der Waals surface area contributed by atoms with E-state index in [2.05, 4.69) is 5.32 Å². The number of nitrogens with one attached hydrogen (secondary N) is 1. The molecule has 0 bridgehead atoms. The number of carbonyl (C=O) groups is 1. The van der Waals surface area contributed by atoms with Crippen LogP contribution in [-0.4, -0.2) is 6.41 Å². The predicted octanol–water partition coefficient (Wildman–Crippen LogP) is 2.79. The predicted molar refractivity (Wildman–Crippen MR) is 53.1 cm³/mol. The van der Waals surface area contributed by atoms with Gasteiger partial charge in [-0.15, -0.1) is 0 Å². The molecule has 0 saturated heterocycles. The van der Waals surface area contributed by atoms with Gasteiger partial charge in [0.1, 0.15) is 0 Å². The number of benzene rings is 1. The molecule has 0 radical (unpaired) electrons. The monoisotopic (exact) mass is 195 g/mol. The number of hydrogen-bond acceptors (Lipinski definition) is 1. The van der Waals surface area contributed by atoms with Gasteiger partial charge in [0.15, 0.2) is 0 Å². The average Bonchev–Trinajstić information content (AvgIpc) is 2.91. The first-order valence-electron chi connectivity index (χ1n) is 4.31. The maximum absolute atomic E-state index is 10.2. The maximum atomic E-state index is 10.2.